The number of rotatable bonds is 4. The SMILES string of the molecule is CCCNc1ccnc(C2CCC(C(C)(C)C)CC2)n1. The van der Waals surface area contributed by atoms with Crippen LogP contribution in [0.3, 0.4) is 0 Å². The van der Waals surface area contributed by atoms with Crippen molar-refractivity contribution in [2.24, 2.45) is 11.3 Å². The van der Waals surface area contributed by atoms with Gasteiger partial charge in [-0.15, -0.1) is 0 Å². The number of hydrogen-bond acceptors (Lipinski definition) is 3. The number of hydrogen-bond donors (Lipinski definition) is 1. The van der Waals surface area contributed by atoms with E-state index in [-0.39, 0.29) is 0 Å². The fraction of sp³-hybridized carbons (Fsp3) is 0.765. The Morgan fingerprint density at radius 1 is 1.20 bits per heavy atom. The molecule has 0 aromatic carbocycles. The van der Waals surface area contributed by atoms with E-state index in [1.807, 2.05) is 12.3 Å². The van der Waals surface area contributed by atoms with Crippen LogP contribution in [0, 0.1) is 11.3 Å². The zero-order chi connectivity index (χ0) is 14.6. The van der Waals surface area contributed by atoms with E-state index < -0.39 is 0 Å². The molecule has 1 N–H and O–H groups in total. The van der Waals surface area contributed by atoms with Crippen molar-refractivity contribution in [2.75, 3.05) is 11.9 Å². The Kier molecular flexibility index (Phi) is 5.00. The molecule has 3 nitrogen and oxygen atoms in total. The van der Waals surface area contributed by atoms with Crippen molar-refractivity contribution >= 4 is 5.82 Å². The first-order valence-corrected chi connectivity index (χ1v) is 8.07. The van der Waals surface area contributed by atoms with E-state index in [4.69, 9.17) is 4.98 Å². The van der Waals surface area contributed by atoms with E-state index in [1.165, 1.54) is 25.7 Å². The zero-order valence-corrected chi connectivity index (χ0v) is 13.4. The van der Waals surface area contributed by atoms with Gasteiger partial charge in [-0.1, -0.05) is 27.7 Å². The fourth-order valence-electron chi connectivity index (χ4n) is 3.14. The van der Waals surface area contributed by atoms with Crippen molar-refractivity contribution < 1.29 is 0 Å². The lowest BCUT2D eigenvalue weighted by Crippen LogP contribution is -2.25. The minimum Gasteiger partial charge on any atom is -0.370 e. The summed E-state index contributed by atoms with van der Waals surface area (Å²) in [6.45, 7) is 10.2. The second-order valence-corrected chi connectivity index (χ2v) is 7.14. The molecule has 1 aromatic rings. The smallest absolute Gasteiger partial charge is 0.133 e. The first-order chi connectivity index (χ1) is 9.50. The van der Waals surface area contributed by atoms with Gasteiger partial charge in [-0.2, -0.15) is 0 Å². The van der Waals surface area contributed by atoms with E-state index in [1.54, 1.807) is 0 Å². The quantitative estimate of drug-likeness (QED) is 0.871. The second kappa shape index (κ2) is 6.55. The fourth-order valence-corrected chi connectivity index (χ4v) is 3.14. The maximum Gasteiger partial charge on any atom is 0.133 e. The lowest BCUT2D eigenvalue weighted by Gasteiger charge is -2.36. The van der Waals surface area contributed by atoms with Gasteiger partial charge >= 0.3 is 0 Å². The molecule has 0 amide bonds. The van der Waals surface area contributed by atoms with Crippen LogP contribution in [-0.2, 0) is 0 Å². The van der Waals surface area contributed by atoms with Crippen molar-refractivity contribution in [2.45, 2.75) is 65.7 Å². The number of nitrogens with zero attached hydrogens (tertiary/aromatic N) is 2. The molecular formula is C17H29N3. The van der Waals surface area contributed by atoms with Gasteiger partial charge in [-0.25, -0.2) is 9.97 Å². The zero-order valence-electron chi connectivity index (χ0n) is 13.4. The normalized spacial score (nSPS) is 23.6. The summed E-state index contributed by atoms with van der Waals surface area (Å²) in [4.78, 5) is 9.21. The summed E-state index contributed by atoms with van der Waals surface area (Å²) in [5.74, 6) is 3.42. The summed E-state index contributed by atoms with van der Waals surface area (Å²) in [7, 11) is 0. The van der Waals surface area contributed by atoms with Crippen LogP contribution >= 0.6 is 0 Å². The van der Waals surface area contributed by atoms with Gasteiger partial charge in [0.15, 0.2) is 0 Å². The molecule has 20 heavy (non-hydrogen) atoms. The van der Waals surface area contributed by atoms with Crippen molar-refractivity contribution in [3.05, 3.63) is 18.1 Å². The average molecular weight is 275 g/mol. The van der Waals surface area contributed by atoms with Crippen molar-refractivity contribution in [3.8, 4) is 0 Å². The Labute approximate surface area is 123 Å². The van der Waals surface area contributed by atoms with Crippen LogP contribution in [0.4, 0.5) is 5.82 Å². The lowest BCUT2D eigenvalue weighted by molar-refractivity contribution is 0.167. The topological polar surface area (TPSA) is 37.8 Å². The van der Waals surface area contributed by atoms with Crippen LogP contribution in [0.1, 0.15) is 71.5 Å². The van der Waals surface area contributed by atoms with Crippen LogP contribution < -0.4 is 5.32 Å². The Morgan fingerprint density at radius 3 is 2.50 bits per heavy atom. The Hall–Kier alpha value is -1.12. The van der Waals surface area contributed by atoms with E-state index in [0.29, 0.717) is 11.3 Å². The van der Waals surface area contributed by atoms with Gasteiger partial charge in [0.1, 0.15) is 11.6 Å². The van der Waals surface area contributed by atoms with E-state index in [2.05, 4.69) is 38.0 Å². The molecule has 2 rings (SSSR count). The van der Waals surface area contributed by atoms with Gasteiger partial charge < -0.3 is 5.32 Å². The molecule has 0 atom stereocenters. The minimum absolute atomic E-state index is 0.441. The highest BCUT2D eigenvalue weighted by atomic mass is 15.0. The van der Waals surface area contributed by atoms with E-state index in [0.717, 1.165) is 30.5 Å². The lowest BCUT2D eigenvalue weighted by atomic mass is 9.70. The standard InChI is InChI=1S/C17H29N3/c1-5-11-18-15-10-12-19-16(20-15)13-6-8-14(9-7-13)17(2,3)4/h10,12-14H,5-9,11H2,1-4H3,(H,18,19,20). The third-order valence-corrected chi connectivity index (χ3v) is 4.55. The number of aromatic nitrogens is 2. The van der Waals surface area contributed by atoms with E-state index >= 15 is 0 Å². The monoisotopic (exact) mass is 275 g/mol. The molecule has 1 aliphatic rings. The molecule has 0 bridgehead atoms. The van der Waals surface area contributed by atoms with E-state index in [9.17, 15) is 0 Å². The van der Waals surface area contributed by atoms with Gasteiger partial charge in [0.2, 0.25) is 0 Å². The minimum atomic E-state index is 0.441. The van der Waals surface area contributed by atoms with Crippen LogP contribution in [0.15, 0.2) is 12.3 Å². The molecule has 1 fully saturated rings. The van der Waals surface area contributed by atoms with Gasteiger partial charge in [0, 0.05) is 18.7 Å². The van der Waals surface area contributed by atoms with Gasteiger partial charge in [0.25, 0.3) is 0 Å². The molecule has 1 aliphatic carbocycles. The van der Waals surface area contributed by atoms with Crippen LogP contribution in [0.2, 0.25) is 0 Å². The largest absolute Gasteiger partial charge is 0.370 e. The summed E-state index contributed by atoms with van der Waals surface area (Å²) < 4.78 is 0. The van der Waals surface area contributed by atoms with Crippen LogP contribution in [-0.4, -0.2) is 16.5 Å². The van der Waals surface area contributed by atoms with Crippen LogP contribution in [0.25, 0.3) is 0 Å². The van der Waals surface area contributed by atoms with Gasteiger partial charge in [-0.05, 0) is 49.5 Å². The molecule has 112 valence electrons. The second-order valence-electron chi connectivity index (χ2n) is 7.14. The Morgan fingerprint density at radius 2 is 1.90 bits per heavy atom. The first-order valence-electron chi connectivity index (χ1n) is 8.07. The summed E-state index contributed by atoms with van der Waals surface area (Å²) >= 11 is 0. The Balaban J connectivity index is 1.96. The molecule has 1 saturated carbocycles. The molecule has 0 radical (unpaired) electrons. The highest BCUT2D eigenvalue weighted by molar-refractivity contribution is 5.33. The van der Waals surface area contributed by atoms with Gasteiger partial charge in [0.05, 0.1) is 0 Å². The average Bonchev–Trinajstić information content (AvgIpc) is 2.45. The van der Waals surface area contributed by atoms with Crippen LogP contribution in [0.5, 0.6) is 0 Å². The third kappa shape index (κ3) is 3.94. The van der Waals surface area contributed by atoms with Crippen molar-refractivity contribution in [1.82, 2.24) is 9.97 Å². The molecular weight excluding hydrogens is 246 g/mol. The Bertz CT molecular complexity index is 414. The predicted molar refractivity (Wildman–Crippen MR) is 85.0 cm³/mol. The molecule has 0 aliphatic heterocycles. The summed E-state index contributed by atoms with van der Waals surface area (Å²) in [5.41, 5.74) is 0.441. The maximum absolute atomic E-state index is 4.70. The molecule has 1 aromatic heterocycles. The summed E-state index contributed by atoms with van der Waals surface area (Å²) in [5, 5.41) is 3.36. The van der Waals surface area contributed by atoms with Crippen molar-refractivity contribution in [1.29, 1.82) is 0 Å². The summed E-state index contributed by atoms with van der Waals surface area (Å²) in [6.07, 6.45) is 8.11. The molecule has 0 spiro atoms. The maximum atomic E-state index is 4.70. The molecule has 0 saturated heterocycles. The third-order valence-electron chi connectivity index (χ3n) is 4.55. The predicted octanol–water partition coefficient (Wildman–Crippen LogP) is 4.62. The number of anilines is 1. The highest BCUT2D eigenvalue weighted by Gasteiger charge is 2.31. The summed E-state index contributed by atoms with van der Waals surface area (Å²) in [6, 6.07) is 1.97. The highest BCUT2D eigenvalue weighted by Crippen LogP contribution is 2.42. The number of nitrogens with one attached hydrogen (secondary N) is 1. The molecule has 3 heteroatoms. The first kappa shape index (κ1) is 15.3. The van der Waals surface area contributed by atoms with Crippen molar-refractivity contribution in [3.63, 3.8) is 0 Å². The van der Waals surface area contributed by atoms with Gasteiger partial charge in [-0.3, -0.25) is 0 Å². The molecule has 1 heterocycles. The molecule has 0 unspecified atom stereocenters.